The van der Waals surface area contributed by atoms with Crippen molar-refractivity contribution in [2.45, 2.75) is 13.5 Å². The number of carbonyl (C=O) groups excluding carboxylic acids is 4. The molecule has 0 radical (unpaired) electrons. The predicted octanol–water partition coefficient (Wildman–Crippen LogP) is 2.75. The van der Waals surface area contributed by atoms with Gasteiger partial charge in [-0.3, -0.25) is 14.5 Å². The highest BCUT2D eigenvalue weighted by Crippen LogP contribution is 2.37. The van der Waals surface area contributed by atoms with Gasteiger partial charge in [0.2, 0.25) is 5.76 Å². The summed E-state index contributed by atoms with van der Waals surface area (Å²) in [4.78, 5) is 48.6. The Labute approximate surface area is 181 Å². The molecule has 1 fully saturated rings. The fraction of sp³-hybridized carbons (Fsp3) is 0.200. The van der Waals surface area contributed by atoms with Gasteiger partial charge in [-0.05, 0) is 35.9 Å². The maximum Gasteiger partial charge on any atom is 0.373 e. The molecule has 31 heavy (non-hydrogen) atoms. The quantitative estimate of drug-likeness (QED) is 0.309. The second kappa shape index (κ2) is 8.92. The van der Waals surface area contributed by atoms with E-state index in [4.69, 9.17) is 25.5 Å². The molecule has 1 aliphatic heterocycles. The summed E-state index contributed by atoms with van der Waals surface area (Å²) in [6.07, 6.45) is 1.40. The highest BCUT2D eigenvalue weighted by Gasteiger charge is 2.34. The largest absolute Gasteiger partial charge is 0.493 e. The Morgan fingerprint density at radius 1 is 1.23 bits per heavy atom. The molecule has 0 saturated carbocycles. The summed E-state index contributed by atoms with van der Waals surface area (Å²) in [7, 11) is 2.57. The van der Waals surface area contributed by atoms with E-state index in [1.165, 1.54) is 51.5 Å². The molecule has 3 amide bonds. The van der Waals surface area contributed by atoms with Gasteiger partial charge in [-0.2, -0.15) is 0 Å². The Morgan fingerprint density at radius 3 is 2.61 bits per heavy atom. The third-order valence-electron chi connectivity index (χ3n) is 4.13. The second-order valence-corrected chi connectivity index (χ2v) is 6.67. The number of esters is 2. The molecule has 1 aromatic carbocycles. The van der Waals surface area contributed by atoms with Crippen LogP contribution in [-0.2, 0) is 20.9 Å². The number of hydrogen-bond acceptors (Lipinski definition) is 8. The van der Waals surface area contributed by atoms with Gasteiger partial charge in [0.1, 0.15) is 11.5 Å². The third-order valence-corrected chi connectivity index (χ3v) is 4.41. The molecule has 1 saturated heterocycles. The summed E-state index contributed by atoms with van der Waals surface area (Å²) >= 11 is 6.16. The smallest absolute Gasteiger partial charge is 0.373 e. The van der Waals surface area contributed by atoms with Gasteiger partial charge in [0.25, 0.3) is 5.91 Å². The highest BCUT2D eigenvalue weighted by atomic mass is 35.5. The van der Waals surface area contributed by atoms with Gasteiger partial charge in [-0.15, -0.1) is 0 Å². The normalized spacial score (nSPS) is 14.6. The van der Waals surface area contributed by atoms with Gasteiger partial charge in [0.15, 0.2) is 11.5 Å². The Bertz CT molecular complexity index is 1100. The van der Waals surface area contributed by atoms with Gasteiger partial charge >= 0.3 is 18.0 Å². The Hall–Kier alpha value is -3.79. The molecule has 1 aromatic heterocycles. The Morgan fingerprint density at radius 2 is 1.97 bits per heavy atom. The van der Waals surface area contributed by atoms with Crippen LogP contribution in [0.15, 0.2) is 34.4 Å². The van der Waals surface area contributed by atoms with Crippen molar-refractivity contribution in [3.8, 4) is 11.5 Å². The minimum atomic E-state index is -0.674. The third kappa shape index (κ3) is 4.69. The van der Waals surface area contributed by atoms with E-state index in [2.05, 4.69) is 10.1 Å². The molecule has 0 aliphatic carbocycles. The number of nitrogens with one attached hydrogen (secondary N) is 1. The number of ether oxygens (including phenoxy) is 3. The molecule has 0 unspecified atom stereocenters. The van der Waals surface area contributed by atoms with Crippen molar-refractivity contribution in [3.63, 3.8) is 0 Å². The first-order valence-corrected chi connectivity index (χ1v) is 9.18. The molecular formula is C20H17ClN2O8. The number of urea groups is 1. The van der Waals surface area contributed by atoms with Crippen molar-refractivity contribution in [1.29, 1.82) is 0 Å². The van der Waals surface area contributed by atoms with Gasteiger partial charge in [-0.1, -0.05) is 11.6 Å². The topological polar surface area (TPSA) is 124 Å². The zero-order valence-corrected chi connectivity index (χ0v) is 17.4. The lowest BCUT2D eigenvalue weighted by atomic mass is 10.1. The van der Waals surface area contributed by atoms with E-state index < -0.39 is 23.9 Å². The van der Waals surface area contributed by atoms with Crippen molar-refractivity contribution >= 4 is 41.6 Å². The fourth-order valence-electron chi connectivity index (χ4n) is 2.78. The molecule has 0 spiro atoms. The van der Waals surface area contributed by atoms with E-state index in [9.17, 15) is 19.2 Å². The SMILES string of the molecule is COC(=O)c1ccc(CN2C(=O)NC(=Cc3cc(Cl)c(OC(C)=O)c(OC)c3)C2=O)o1. The van der Waals surface area contributed by atoms with Crippen molar-refractivity contribution in [3.05, 3.63) is 52.1 Å². The molecule has 1 aliphatic rings. The number of amides is 3. The number of furan rings is 1. The maximum absolute atomic E-state index is 12.7. The lowest BCUT2D eigenvalue weighted by molar-refractivity contribution is -0.132. The summed E-state index contributed by atoms with van der Waals surface area (Å²) in [6.45, 7) is 1.04. The van der Waals surface area contributed by atoms with E-state index in [-0.39, 0.29) is 40.3 Å². The number of halogens is 1. The highest BCUT2D eigenvalue weighted by molar-refractivity contribution is 6.32. The minimum absolute atomic E-state index is 0.0110. The van der Waals surface area contributed by atoms with Crippen LogP contribution in [0.25, 0.3) is 6.08 Å². The zero-order valence-electron chi connectivity index (χ0n) is 16.7. The summed E-state index contributed by atoms with van der Waals surface area (Å²) in [5.74, 6) is -1.47. The van der Waals surface area contributed by atoms with Crippen LogP contribution < -0.4 is 14.8 Å². The first kappa shape index (κ1) is 21.9. The van der Waals surface area contributed by atoms with Gasteiger partial charge < -0.3 is 23.9 Å². The monoisotopic (exact) mass is 448 g/mol. The Kier molecular flexibility index (Phi) is 6.30. The average molecular weight is 449 g/mol. The van der Waals surface area contributed by atoms with Crippen LogP contribution in [0.1, 0.15) is 28.8 Å². The molecule has 2 aromatic rings. The van der Waals surface area contributed by atoms with Crippen LogP contribution >= 0.6 is 11.6 Å². The van der Waals surface area contributed by atoms with E-state index in [1.54, 1.807) is 0 Å². The molecular weight excluding hydrogens is 432 g/mol. The molecule has 1 N–H and O–H groups in total. The van der Waals surface area contributed by atoms with Crippen LogP contribution in [-0.4, -0.2) is 43.0 Å². The summed E-state index contributed by atoms with van der Waals surface area (Å²) in [5.41, 5.74) is 0.414. The van der Waals surface area contributed by atoms with Crippen molar-refractivity contribution in [1.82, 2.24) is 10.2 Å². The van der Waals surface area contributed by atoms with Gasteiger partial charge in [-0.25, -0.2) is 9.59 Å². The van der Waals surface area contributed by atoms with E-state index in [0.717, 1.165) is 4.90 Å². The molecule has 10 nitrogen and oxygen atoms in total. The van der Waals surface area contributed by atoms with Crippen LogP contribution in [0.4, 0.5) is 4.79 Å². The molecule has 2 heterocycles. The Balaban J connectivity index is 1.83. The lowest BCUT2D eigenvalue weighted by Crippen LogP contribution is -2.30. The van der Waals surface area contributed by atoms with Gasteiger partial charge in [0.05, 0.1) is 25.8 Å². The van der Waals surface area contributed by atoms with Crippen molar-refractivity contribution in [2.75, 3.05) is 14.2 Å². The minimum Gasteiger partial charge on any atom is -0.493 e. The molecule has 0 atom stereocenters. The number of methoxy groups -OCH3 is 2. The first-order chi connectivity index (χ1) is 14.7. The molecule has 0 bridgehead atoms. The maximum atomic E-state index is 12.7. The standard InChI is InChI=1S/C20H17ClN2O8/c1-10(24)30-17-13(21)6-11(8-16(17)28-2)7-14-18(25)23(20(27)22-14)9-12-4-5-15(31-12)19(26)29-3/h4-8H,9H2,1-3H3,(H,22,27). The van der Waals surface area contributed by atoms with E-state index in [0.29, 0.717) is 5.56 Å². The molecule has 11 heteroatoms. The number of imide groups is 1. The van der Waals surface area contributed by atoms with Crippen LogP contribution in [0, 0.1) is 0 Å². The molecule has 3 rings (SSSR count). The van der Waals surface area contributed by atoms with E-state index in [1.807, 2.05) is 0 Å². The number of benzene rings is 1. The van der Waals surface area contributed by atoms with Crippen LogP contribution in [0.5, 0.6) is 11.5 Å². The number of hydrogen-bond donors (Lipinski definition) is 1. The van der Waals surface area contributed by atoms with Crippen LogP contribution in [0.3, 0.4) is 0 Å². The average Bonchev–Trinajstić information content (AvgIpc) is 3.29. The number of rotatable bonds is 6. The van der Waals surface area contributed by atoms with Crippen LogP contribution in [0.2, 0.25) is 5.02 Å². The zero-order chi connectivity index (χ0) is 22.7. The fourth-order valence-corrected chi connectivity index (χ4v) is 3.03. The van der Waals surface area contributed by atoms with Crippen molar-refractivity contribution < 1.29 is 37.8 Å². The summed E-state index contributed by atoms with van der Waals surface area (Å²) < 4.78 is 20.1. The number of carbonyl (C=O) groups is 4. The first-order valence-electron chi connectivity index (χ1n) is 8.81. The van der Waals surface area contributed by atoms with Crippen molar-refractivity contribution in [2.24, 2.45) is 0 Å². The number of nitrogens with zero attached hydrogens (tertiary/aromatic N) is 1. The predicted molar refractivity (Wildman–Crippen MR) is 106 cm³/mol. The molecule has 162 valence electrons. The lowest BCUT2D eigenvalue weighted by Gasteiger charge is -2.11. The van der Waals surface area contributed by atoms with Gasteiger partial charge in [0, 0.05) is 6.92 Å². The summed E-state index contributed by atoms with van der Waals surface area (Å²) in [5, 5.41) is 2.55. The van der Waals surface area contributed by atoms with E-state index >= 15 is 0 Å². The second-order valence-electron chi connectivity index (χ2n) is 6.26. The summed E-state index contributed by atoms with van der Waals surface area (Å²) in [6, 6.07) is 5.13.